The first-order valence-electron chi connectivity index (χ1n) is 12.8. The van der Waals surface area contributed by atoms with Gasteiger partial charge in [0.25, 0.3) is 5.91 Å². The van der Waals surface area contributed by atoms with Crippen LogP contribution in [0.4, 0.5) is 11.4 Å². The van der Waals surface area contributed by atoms with Crippen LogP contribution in [-0.4, -0.2) is 49.7 Å². The molecule has 8 nitrogen and oxygen atoms in total. The summed E-state index contributed by atoms with van der Waals surface area (Å²) in [6, 6.07) is 22.3. The number of aliphatic imine (C=N–C) groups is 2. The number of hydrogen-bond donors (Lipinski definition) is 4. The number of amidine groups is 2. The molecule has 0 spiro atoms. The van der Waals surface area contributed by atoms with E-state index in [-0.39, 0.29) is 11.8 Å². The number of carbonyl (C=O) groups is 2. The maximum Gasteiger partial charge on any atom is 0.255 e. The van der Waals surface area contributed by atoms with E-state index in [1.54, 1.807) is 30.3 Å². The minimum atomic E-state index is -0.231. The van der Waals surface area contributed by atoms with Crippen molar-refractivity contribution in [2.24, 2.45) is 9.98 Å². The number of rotatable bonds is 7. The van der Waals surface area contributed by atoms with E-state index in [0.717, 1.165) is 67.4 Å². The molecule has 0 aromatic heterocycles. The van der Waals surface area contributed by atoms with Crippen molar-refractivity contribution >= 4 is 40.9 Å². The normalized spacial score (nSPS) is 15.1. The SMILES string of the molecule is O=C(/C=C\c1ccc(C(=O)Nc2ccc(C3=NCCCN3)cc2)cc1)Nc1ccc(C2=NCCCN2)cc1. The van der Waals surface area contributed by atoms with Crippen molar-refractivity contribution in [3.8, 4) is 0 Å². The third-order valence-corrected chi connectivity index (χ3v) is 6.24. The molecule has 3 aromatic carbocycles. The van der Waals surface area contributed by atoms with Crippen LogP contribution >= 0.6 is 0 Å². The summed E-state index contributed by atoms with van der Waals surface area (Å²) >= 11 is 0. The first kappa shape index (κ1) is 25.0. The average molecular weight is 507 g/mol. The largest absolute Gasteiger partial charge is 0.370 e. The summed E-state index contributed by atoms with van der Waals surface area (Å²) in [6.07, 6.45) is 5.28. The van der Waals surface area contributed by atoms with Gasteiger partial charge >= 0.3 is 0 Å². The van der Waals surface area contributed by atoms with Crippen molar-refractivity contribution < 1.29 is 9.59 Å². The van der Waals surface area contributed by atoms with Crippen molar-refractivity contribution in [1.29, 1.82) is 0 Å². The fraction of sp³-hybridized carbons (Fsp3) is 0.200. The van der Waals surface area contributed by atoms with Crippen LogP contribution in [-0.2, 0) is 4.79 Å². The number of nitrogens with one attached hydrogen (secondary N) is 4. The summed E-state index contributed by atoms with van der Waals surface area (Å²) in [6.45, 7) is 3.52. The topological polar surface area (TPSA) is 107 Å². The van der Waals surface area contributed by atoms with Gasteiger partial charge in [0, 0.05) is 60.3 Å². The summed E-state index contributed by atoms with van der Waals surface area (Å²) < 4.78 is 0. The third kappa shape index (κ3) is 6.53. The molecule has 8 heteroatoms. The number of anilines is 2. The Hall–Kier alpha value is -4.72. The Morgan fingerprint density at radius 3 is 1.71 bits per heavy atom. The van der Waals surface area contributed by atoms with E-state index in [4.69, 9.17) is 0 Å². The molecule has 2 amide bonds. The van der Waals surface area contributed by atoms with Gasteiger partial charge in [0.15, 0.2) is 0 Å². The van der Waals surface area contributed by atoms with Gasteiger partial charge in [-0.3, -0.25) is 19.6 Å². The Kier molecular flexibility index (Phi) is 7.89. The van der Waals surface area contributed by atoms with Gasteiger partial charge in [-0.1, -0.05) is 12.1 Å². The molecule has 0 aliphatic carbocycles. The minimum absolute atomic E-state index is 0.197. The summed E-state index contributed by atoms with van der Waals surface area (Å²) in [5, 5.41) is 12.4. The lowest BCUT2D eigenvalue weighted by Gasteiger charge is -2.15. The van der Waals surface area contributed by atoms with Crippen LogP contribution in [0, 0.1) is 0 Å². The average Bonchev–Trinajstić information content (AvgIpc) is 2.98. The number of nitrogens with zero attached hydrogens (tertiary/aromatic N) is 2. The molecule has 4 N–H and O–H groups in total. The van der Waals surface area contributed by atoms with Crippen molar-refractivity contribution in [2.75, 3.05) is 36.8 Å². The van der Waals surface area contributed by atoms with E-state index in [2.05, 4.69) is 31.3 Å². The Morgan fingerprint density at radius 1 is 0.684 bits per heavy atom. The molecule has 0 atom stereocenters. The summed E-state index contributed by atoms with van der Waals surface area (Å²) in [7, 11) is 0. The molecule has 2 aliphatic heterocycles. The van der Waals surface area contributed by atoms with Gasteiger partial charge in [-0.05, 0) is 85.1 Å². The predicted octanol–water partition coefficient (Wildman–Crippen LogP) is 4.07. The number of hydrogen-bond acceptors (Lipinski definition) is 6. The lowest BCUT2D eigenvalue weighted by Crippen LogP contribution is -2.30. The Balaban J connectivity index is 1.12. The van der Waals surface area contributed by atoms with Crippen LogP contribution in [0.5, 0.6) is 0 Å². The fourth-order valence-electron chi connectivity index (χ4n) is 4.18. The molecule has 0 saturated carbocycles. The van der Waals surface area contributed by atoms with Crippen LogP contribution in [0.15, 0.2) is 88.9 Å². The highest BCUT2D eigenvalue weighted by Crippen LogP contribution is 2.15. The standard InChI is InChI=1S/C30H30N6O2/c37-27(35-25-12-8-22(9-13-25)28-31-17-1-18-32-28)16-5-21-3-6-24(7-4-21)30(38)36-26-14-10-23(11-15-26)29-33-19-2-20-34-29/h3-16H,1-2,17-20H2,(H,31,32)(H,33,34)(H,35,37)(H,36,38)/b16-5-. The quantitative estimate of drug-likeness (QED) is 0.363. The first-order valence-corrected chi connectivity index (χ1v) is 12.8. The van der Waals surface area contributed by atoms with Gasteiger partial charge in [-0.15, -0.1) is 0 Å². The molecule has 2 heterocycles. The smallest absolute Gasteiger partial charge is 0.255 e. The van der Waals surface area contributed by atoms with E-state index < -0.39 is 0 Å². The molecular weight excluding hydrogens is 476 g/mol. The van der Waals surface area contributed by atoms with Crippen LogP contribution < -0.4 is 21.3 Å². The van der Waals surface area contributed by atoms with Gasteiger partial charge < -0.3 is 21.3 Å². The van der Waals surface area contributed by atoms with Gasteiger partial charge in [-0.2, -0.15) is 0 Å². The molecule has 2 aliphatic rings. The molecule has 3 aromatic rings. The molecule has 0 fully saturated rings. The van der Waals surface area contributed by atoms with E-state index in [0.29, 0.717) is 16.9 Å². The Labute approximate surface area is 222 Å². The van der Waals surface area contributed by atoms with Gasteiger partial charge in [0.1, 0.15) is 11.7 Å². The first-order chi connectivity index (χ1) is 18.6. The zero-order valence-electron chi connectivity index (χ0n) is 21.0. The highest BCUT2D eigenvalue weighted by atomic mass is 16.2. The second-order valence-corrected chi connectivity index (χ2v) is 9.07. The molecule has 0 unspecified atom stereocenters. The molecular formula is C30H30N6O2. The van der Waals surface area contributed by atoms with Crippen molar-refractivity contribution in [1.82, 2.24) is 10.6 Å². The molecule has 192 valence electrons. The summed E-state index contributed by atoms with van der Waals surface area (Å²) in [5.41, 5.74) is 4.79. The minimum Gasteiger partial charge on any atom is -0.370 e. The van der Waals surface area contributed by atoms with Crippen LogP contribution in [0.3, 0.4) is 0 Å². The van der Waals surface area contributed by atoms with Crippen molar-refractivity contribution in [3.05, 3.63) is 101 Å². The zero-order chi connectivity index (χ0) is 26.2. The second kappa shape index (κ2) is 12.0. The number of carbonyl (C=O) groups excluding carboxylic acids is 2. The predicted molar refractivity (Wildman–Crippen MR) is 153 cm³/mol. The molecule has 5 rings (SSSR count). The lowest BCUT2D eigenvalue weighted by atomic mass is 10.1. The summed E-state index contributed by atoms with van der Waals surface area (Å²) in [4.78, 5) is 34.0. The molecule has 0 radical (unpaired) electrons. The maximum atomic E-state index is 12.7. The van der Waals surface area contributed by atoms with Crippen molar-refractivity contribution in [3.63, 3.8) is 0 Å². The second-order valence-electron chi connectivity index (χ2n) is 9.07. The highest BCUT2D eigenvalue weighted by molar-refractivity contribution is 6.05. The number of benzene rings is 3. The van der Waals surface area contributed by atoms with E-state index in [1.807, 2.05) is 48.5 Å². The lowest BCUT2D eigenvalue weighted by molar-refractivity contribution is -0.111. The molecule has 0 saturated heterocycles. The Bertz CT molecular complexity index is 1370. The van der Waals surface area contributed by atoms with Crippen LogP contribution in [0.1, 0.15) is 39.9 Å². The van der Waals surface area contributed by atoms with E-state index >= 15 is 0 Å². The monoisotopic (exact) mass is 506 g/mol. The van der Waals surface area contributed by atoms with Gasteiger partial charge in [0.05, 0.1) is 0 Å². The fourth-order valence-corrected chi connectivity index (χ4v) is 4.18. The number of amides is 2. The third-order valence-electron chi connectivity index (χ3n) is 6.24. The highest BCUT2D eigenvalue weighted by Gasteiger charge is 2.10. The van der Waals surface area contributed by atoms with E-state index in [1.165, 1.54) is 6.08 Å². The zero-order valence-corrected chi connectivity index (χ0v) is 21.0. The molecule has 38 heavy (non-hydrogen) atoms. The van der Waals surface area contributed by atoms with Crippen LogP contribution in [0.25, 0.3) is 6.08 Å². The van der Waals surface area contributed by atoms with Gasteiger partial charge in [-0.25, -0.2) is 0 Å². The van der Waals surface area contributed by atoms with Crippen molar-refractivity contribution in [2.45, 2.75) is 12.8 Å². The summed E-state index contributed by atoms with van der Waals surface area (Å²) in [5.74, 6) is 1.36. The molecule has 0 bridgehead atoms. The van der Waals surface area contributed by atoms with Gasteiger partial charge in [0.2, 0.25) is 5.91 Å². The Morgan fingerprint density at radius 2 is 1.21 bits per heavy atom. The maximum absolute atomic E-state index is 12.7. The van der Waals surface area contributed by atoms with Crippen LogP contribution in [0.2, 0.25) is 0 Å². The van der Waals surface area contributed by atoms with E-state index in [9.17, 15) is 9.59 Å².